The maximum absolute atomic E-state index is 12.2. The van der Waals surface area contributed by atoms with E-state index in [2.05, 4.69) is 16.0 Å². The van der Waals surface area contributed by atoms with Gasteiger partial charge in [-0.15, -0.1) is 0 Å². The lowest BCUT2D eigenvalue weighted by Gasteiger charge is -2.19. The molecule has 2 aromatic rings. The topological polar surface area (TPSA) is 79.5 Å². The summed E-state index contributed by atoms with van der Waals surface area (Å²) < 4.78 is 5.23. The second-order valence-electron chi connectivity index (χ2n) is 5.71. The van der Waals surface area contributed by atoms with E-state index in [9.17, 15) is 9.59 Å². The summed E-state index contributed by atoms with van der Waals surface area (Å²) in [6.07, 6.45) is 0. The van der Waals surface area contributed by atoms with E-state index < -0.39 is 12.1 Å². The van der Waals surface area contributed by atoms with Crippen molar-refractivity contribution >= 4 is 29.2 Å². The van der Waals surface area contributed by atoms with Gasteiger partial charge in [-0.2, -0.15) is 0 Å². The van der Waals surface area contributed by atoms with Crippen molar-refractivity contribution in [3.63, 3.8) is 0 Å². The van der Waals surface area contributed by atoms with Crippen LogP contribution < -0.4 is 20.7 Å². The fraction of sp³-hybridized carbons (Fsp3) is 0.222. The minimum atomic E-state index is -0.653. The normalized spacial score (nSPS) is 19.2. The number of nitrogens with one attached hydrogen (secondary N) is 3. The lowest BCUT2D eigenvalue weighted by molar-refractivity contribution is -0.120. The molecule has 25 heavy (non-hydrogen) atoms. The number of carbonyl (C=O) groups is 2. The molecule has 3 N–H and O–H groups in total. The fourth-order valence-electron chi connectivity index (χ4n) is 2.81. The number of hydrogen-bond donors (Lipinski definition) is 3. The zero-order valence-corrected chi connectivity index (χ0v) is 14.3. The van der Waals surface area contributed by atoms with Crippen LogP contribution in [0, 0.1) is 0 Å². The Labute approximate surface area is 150 Å². The van der Waals surface area contributed by atoms with Gasteiger partial charge in [0.1, 0.15) is 11.8 Å². The molecular weight excluding hydrogens is 342 g/mol. The highest BCUT2D eigenvalue weighted by atomic mass is 35.5. The minimum Gasteiger partial charge on any atom is -0.497 e. The summed E-state index contributed by atoms with van der Waals surface area (Å²) >= 11 is 5.82. The Hall–Kier alpha value is -2.73. The number of benzene rings is 2. The molecule has 2 aromatic carbocycles. The van der Waals surface area contributed by atoms with Gasteiger partial charge in [0.25, 0.3) is 0 Å². The molecule has 3 rings (SSSR count). The maximum Gasteiger partial charge on any atom is 0.319 e. The highest BCUT2D eigenvalue weighted by Crippen LogP contribution is 2.26. The van der Waals surface area contributed by atoms with E-state index in [1.54, 1.807) is 31.4 Å². The summed E-state index contributed by atoms with van der Waals surface area (Å²) in [5, 5.41) is 8.81. The molecule has 1 saturated heterocycles. The molecule has 7 heteroatoms. The van der Waals surface area contributed by atoms with Crippen molar-refractivity contribution in [1.29, 1.82) is 0 Å². The number of carbonyl (C=O) groups excluding carboxylic acids is 2. The summed E-state index contributed by atoms with van der Waals surface area (Å²) in [7, 11) is 1.59. The molecule has 0 saturated carbocycles. The Balaban J connectivity index is 1.71. The first kappa shape index (κ1) is 17.1. The first-order valence-corrected chi connectivity index (χ1v) is 8.19. The van der Waals surface area contributed by atoms with Crippen LogP contribution in [0.1, 0.15) is 11.5 Å². The van der Waals surface area contributed by atoms with E-state index in [0.717, 1.165) is 5.56 Å². The van der Waals surface area contributed by atoms with Gasteiger partial charge in [0.05, 0.1) is 7.11 Å². The monoisotopic (exact) mass is 359 g/mol. The summed E-state index contributed by atoms with van der Waals surface area (Å²) in [5.74, 6) is 0.332. The van der Waals surface area contributed by atoms with Crippen molar-refractivity contribution in [3.05, 3.63) is 59.1 Å². The van der Waals surface area contributed by atoms with Crippen LogP contribution in [0.25, 0.3) is 0 Å². The second kappa shape index (κ2) is 7.44. The van der Waals surface area contributed by atoms with Gasteiger partial charge >= 0.3 is 6.03 Å². The molecule has 1 aliphatic rings. The highest BCUT2D eigenvalue weighted by Gasteiger charge is 2.37. The predicted molar refractivity (Wildman–Crippen MR) is 96.1 cm³/mol. The average Bonchev–Trinajstić information content (AvgIpc) is 2.97. The fourth-order valence-corrected chi connectivity index (χ4v) is 2.94. The zero-order chi connectivity index (χ0) is 17.8. The summed E-state index contributed by atoms with van der Waals surface area (Å²) in [6, 6.07) is 13.1. The predicted octanol–water partition coefficient (Wildman–Crippen LogP) is 2.75. The van der Waals surface area contributed by atoms with Gasteiger partial charge in [0.15, 0.2) is 0 Å². The van der Waals surface area contributed by atoms with Crippen molar-refractivity contribution in [2.75, 3.05) is 19.0 Å². The third-order valence-electron chi connectivity index (χ3n) is 4.09. The maximum atomic E-state index is 12.2. The first-order chi connectivity index (χ1) is 12.1. The van der Waals surface area contributed by atoms with Crippen molar-refractivity contribution in [1.82, 2.24) is 10.6 Å². The van der Waals surface area contributed by atoms with Crippen LogP contribution in [-0.2, 0) is 4.79 Å². The number of ether oxygens (including phenoxy) is 1. The molecule has 130 valence electrons. The molecule has 1 heterocycles. The number of amides is 3. The quantitative estimate of drug-likeness (QED) is 0.785. The Morgan fingerprint density at radius 3 is 2.72 bits per heavy atom. The first-order valence-electron chi connectivity index (χ1n) is 7.81. The van der Waals surface area contributed by atoms with Crippen LogP contribution in [0.5, 0.6) is 5.75 Å². The number of halogens is 1. The van der Waals surface area contributed by atoms with Gasteiger partial charge in [0.2, 0.25) is 5.91 Å². The third kappa shape index (κ3) is 4.03. The van der Waals surface area contributed by atoms with Crippen LogP contribution >= 0.6 is 11.6 Å². The molecule has 6 nitrogen and oxygen atoms in total. The largest absolute Gasteiger partial charge is 0.497 e. The molecular formula is C18H18ClN3O3. The van der Waals surface area contributed by atoms with E-state index >= 15 is 0 Å². The molecule has 0 bridgehead atoms. The molecule has 1 fully saturated rings. The Kier molecular flexibility index (Phi) is 5.09. The lowest BCUT2D eigenvalue weighted by atomic mass is 9.94. The van der Waals surface area contributed by atoms with Crippen LogP contribution in [0.3, 0.4) is 0 Å². The van der Waals surface area contributed by atoms with Gasteiger partial charge in [-0.1, -0.05) is 23.7 Å². The Morgan fingerprint density at radius 2 is 2.00 bits per heavy atom. The van der Waals surface area contributed by atoms with Crippen molar-refractivity contribution in [3.8, 4) is 5.75 Å². The number of methoxy groups -OCH3 is 1. The lowest BCUT2D eigenvalue weighted by Crippen LogP contribution is -2.44. The van der Waals surface area contributed by atoms with Crippen molar-refractivity contribution in [2.45, 2.75) is 12.0 Å². The van der Waals surface area contributed by atoms with Crippen molar-refractivity contribution < 1.29 is 14.3 Å². The number of hydrogen-bond acceptors (Lipinski definition) is 3. The van der Waals surface area contributed by atoms with E-state index in [-0.39, 0.29) is 11.8 Å². The van der Waals surface area contributed by atoms with Gasteiger partial charge in [0, 0.05) is 23.2 Å². The van der Waals surface area contributed by atoms with Crippen LogP contribution in [0.15, 0.2) is 48.5 Å². The highest BCUT2D eigenvalue weighted by molar-refractivity contribution is 6.30. The minimum absolute atomic E-state index is 0.168. The summed E-state index contributed by atoms with van der Waals surface area (Å²) in [6.45, 7) is 0.456. The van der Waals surface area contributed by atoms with Crippen LogP contribution in [-0.4, -0.2) is 31.6 Å². The average molecular weight is 360 g/mol. The van der Waals surface area contributed by atoms with Gasteiger partial charge in [-0.3, -0.25) is 4.79 Å². The van der Waals surface area contributed by atoms with Gasteiger partial charge < -0.3 is 20.7 Å². The SMILES string of the molecule is COc1cccc(C2CNC(=O)C2NC(=O)Nc2ccc(Cl)cc2)c1. The van der Waals surface area contributed by atoms with E-state index in [0.29, 0.717) is 23.0 Å². The van der Waals surface area contributed by atoms with E-state index in [1.165, 1.54) is 0 Å². The van der Waals surface area contributed by atoms with E-state index in [4.69, 9.17) is 16.3 Å². The van der Waals surface area contributed by atoms with Crippen LogP contribution in [0.2, 0.25) is 5.02 Å². The number of anilines is 1. The van der Waals surface area contributed by atoms with Crippen molar-refractivity contribution in [2.24, 2.45) is 0 Å². The molecule has 0 radical (unpaired) electrons. The standard InChI is InChI=1S/C18H18ClN3O3/c1-25-14-4-2-3-11(9-14)15-10-20-17(23)16(15)22-18(24)21-13-7-5-12(19)6-8-13/h2-9,15-16H,10H2,1H3,(H,20,23)(H2,21,22,24). The summed E-state index contributed by atoms with van der Waals surface area (Å²) in [4.78, 5) is 24.4. The smallest absolute Gasteiger partial charge is 0.319 e. The van der Waals surface area contributed by atoms with Gasteiger partial charge in [-0.25, -0.2) is 4.79 Å². The Bertz CT molecular complexity index is 779. The third-order valence-corrected chi connectivity index (χ3v) is 4.34. The molecule has 0 aromatic heterocycles. The molecule has 0 aliphatic carbocycles. The molecule has 2 unspecified atom stereocenters. The summed E-state index contributed by atoms with van der Waals surface area (Å²) in [5.41, 5.74) is 1.52. The van der Waals surface area contributed by atoms with Gasteiger partial charge in [-0.05, 0) is 42.0 Å². The Morgan fingerprint density at radius 1 is 1.24 bits per heavy atom. The number of urea groups is 1. The van der Waals surface area contributed by atoms with Crippen LogP contribution in [0.4, 0.5) is 10.5 Å². The number of rotatable bonds is 4. The molecule has 2 atom stereocenters. The molecule has 1 aliphatic heterocycles. The zero-order valence-electron chi connectivity index (χ0n) is 13.6. The van der Waals surface area contributed by atoms with E-state index in [1.807, 2.05) is 24.3 Å². The molecule has 0 spiro atoms. The second-order valence-corrected chi connectivity index (χ2v) is 6.15. The molecule has 3 amide bonds.